The van der Waals surface area contributed by atoms with E-state index in [9.17, 15) is 0 Å². The summed E-state index contributed by atoms with van der Waals surface area (Å²) in [4.78, 5) is 10.7. The third-order valence-electron chi connectivity index (χ3n) is 11.8. The minimum atomic E-state index is 0.914. The van der Waals surface area contributed by atoms with Gasteiger partial charge in [-0.3, -0.25) is 0 Å². The summed E-state index contributed by atoms with van der Waals surface area (Å²) in [5.74, 6) is 0. The molecule has 2 aromatic heterocycles. The van der Waals surface area contributed by atoms with Gasteiger partial charge in [0.25, 0.3) is 0 Å². The molecule has 11 rings (SSSR count). The van der Waals surface area contributed by atoms with Crippen LogP contribution in [0, 0.1) is 0 Å². The summed E-state index contributed by atoms with van der Waals surface area (Å²) in [6.45, 7) is 0. The lowest BCUT2D eigenvalue weighted by molar-refractivity contribution is 1.06. The molecule has 1 aliphatic carbocycles. The highest BCUT2D eigenvalue weighted by Crippen LogP contribution is 2.43. The topological polar surface area (TPSA) is 25.8 Å². The molecule has 8 aromatic carbocycles. The Morgan fingerprint density at radius 3 is 1.47 bits per heavy atom. The lowest BCUT2D eigenvalue weighted by atomic mass is 9.86. The number of aromatic nitrogens is 2. The average molecular weight is 739 g/mol. The van der Waals surface area contributed by atoms with Gasteiger partial charge in [0.15, 0.2) is 0 Å². The Balaban J connectivity index is 1.08. The van der Waals surface area contributed by atoms with E-state index in [1.54, 1.807) is 0 Å². The lowest BCUT2D eigenvalue weighted by Gasteiger charge is -2.20. The minimum Gasteiger partial charge on any atom is -0.247 e. The highest BCUT2D eigenvalue weighted by molar-refractivity contribution is 6.15. The zero-order chi connectivity index (χ0) is 38.4. The van der Waals surface area contributed by atoms with Crippen LogP contribution in [0.15, 0.2) is 206 Å². The first-order valence-electron chi connectivity index (χ1n) is 20.1. The maximum Gasteiger partial charge on any atom is 0.0794 e. The monoisotopic (exact) mass is 738 g/mol. The Kier molecular flexibility index (Phi) is 8.33. The minimum absolute atomic E-state index is 0.914. The van der Waals surface area contributed by atoms with E-state index in [0.717, 1.165) is 51.6 Å². The van der Waals surface area contributed by atoms with E-state index in [2.05, 4.69) is 206 Å². The zero-order valence-electron chi connectivity index (χ0n) is 31.9. The SMILES string of the molecule is C1=C(c2nc3ccccc3c3ccccc23)CCC(c2cc3c(-c4ccc(-c5ccccc5)cc4)cc(-c4ccc(-c5ccccc5)cc4)nc3c3ccccc23)=C1. The van der Waals surface area contributed by atoms with Crippen molar-refractivity contribution in [1.82, 2.24) is 9.97 Å². The number of nitrogens with zero attached hydrogens (tertiary/aromatic N) is 2. The molecule has 0 fully saturated rings. The van der Waals surface area contributed by atoms with E-state index in [1.807, 2.05) is 0 Å². The largest absolute Gasteiger partial charge is 0.247 e. The summed E-state index contributed by atoms with van der Waals surface area (Å²) in [6.07, 6.45) is 6.48. The molecule has 0 bridgehead atoms. The molecule has 2 heterocycles. The lowest BCUT2D eigenvalue weighted by Crippen LogP contribution is -1.99. The van der Waals surface area contributed by atoms with Crippen molar-refractivity contribution in [3.8, 4) is 44.6 Å². The molecule has 2 heteroatoms. The quantitative estimate of drug-likeness (QED) is 0.159. The van der Waals surface area contributed by atoms with Crippen LogP contribution < -0.4 is 0 Å². The van der Waals surface area contributed by atoms with E-state index >= 15 is 0 Å². The standard InChI is InChI=1S/C56H38N2/c1-3-13-37(14-4-1)39-23-27-42(28-24-39)51-36-54(43-31-25-40(26-32-43)38-15-5-2-6-16-38)58-56-49-21-10-8-18-46(49)50(35-52(51)56)41-29-33-44(34-30-41)55-48-20-9-7-17-45(48)47-19-11-12-22-53(47)57-55/h1-29,31-33,35-36H,30,34H2. The average Bonchev–Trinajstić information content (AvgIpc) is 3.31. The molecule has 2 nitrogen and oxygen atoms in total. The number of hydrogen-bond acceptors (Lipinski definition) is 2. The van der Waals surface area contributed by atoms with Crippen molar-refractivity contribution in [2.75, 3.05) is 0 Å². The number of benzene rings is 8. The van der Waals surface area contributed by atoms with Gasteiger partial charge in [-0.15, -0.1) is 0 Å². The maximum atomic E-state index is 5.48. The molecule has 0 saturated carbocycles. The fourth-order valence-corrected chi connectivity index (χ4v) is 8.85. The predicted molar refractivity (Wildman–Crippen MR) is 245 cm³/mol. The first kappa shape index (κ1) is 33.9. The van der Waals surface area contributed by atoms with E-state index in [-0.39, 0.29) is 0 Å². The van der Waals surface area contributed by atoms with Gasteiger partial charge >= 0.3 is 0 Å². The van der Waals surface area contributed by atoms with Crippen molar-refractivity contribution in [3.63, 3.8) is 0 Å². The van der Waals surface area contributed by atoms with Gasteiger partial charge < -0.3 is 0 Å². The van der Waals surface area contributed by atoms with Gasteiger partial charge in [-0.25, -0.2) is 9.97 Å². The first-order chi connectivity index (χ1) is 28.7. The van der Waals surface area contributed by atoms with Gasteiger partial charge in [0.1, 0.15) is 0 Å². The second-order valence-corrected chi connectivity index (χ2v) is 15.2. The summed E-state index contributed by atoms with van der Waals surface area (Å²) in [6, 6.07) is 69.7. The fourth-order valence-electron chi connectivity index (χ4n) is 8.85. The van der Waals surface area contributed by atoms with Gasteiger partial charge in [-0.05, 0) is 91.9 Å². The van der Waals surface area contributed by atoms with Crippen molar-refractivity contribution < 1.29 is 0 Å². The predicted octanol–water partition coefficient (Wildman–Crippen LogP) is 15.0. The Morgan fingerprint density at radius 1 is 0.310 bits per heavy atom. The van der Waals surface area contributed by atoms with Crippen molar-refractivity contribution in [3.05, 3.63) is 218 Å². The summed E-state index contributed by atoms with van der Waals surface area (Å²) in [5, 5.41) is 7.20. The molecule has 0 atom stereocenters. The van der Waals surface area contributed by atoms with E-state index in [0.29, 0.717) is 0 Å². The summed E-state index contributed by atoms with van der Waals surface area (Å²) in [7, 11) is 0. The van der Waals surface area contributed by atoms with Crippen LogP contribution in [0.2, 0.25) is 0 Å². The summed E-state index contributed by atoms with van der Waals surface area (Å²) < 4.78 is 0. The molecule has 272 valence electrons. The molecule has 58 heavy (non-hydrogen) atoms. The van der Waals surface area contributed by atoms with Crippen molar-refractivity contribution >= 4 is 54.5 Å². The Hall–Kier alpha value is -7.42. The molecular formula is C56H38N2. The molecule has 1 aliphatic rings. The fraction of sp³-hybridized carbons (Fsp3) is 0.0357. The Bertz CT molecular complexity index is 3230. The number of allylic oxidation sites excluding steroid dienone is 4. The Labute approximate surface area is 338 Å². The smallest absolute Gasteiger partial charge is 0.0794 e. The normalized spacial score (nSPS) is 12.9. The van der Waals surface area contributed by atoms with Crippen LogP contribution in [0.3, 0.4) is 0 Å². The number of rotatable bonds is 6. The third-order valence-corrected chi connectivity index (χ3v) is 11.8. The first-order valence-corrected chi connectivity index (χ1v) is 20.1. The van der Waals surface area contributed by atoms with Crippen LogP contribution >= 0.6 is 0 Å². The highest BCUT2D eigenvalue weighted by atomic mass is 14.7. The zero-order valence-corrected chi connectivity index (χ0v) is 31.9. The second kappa shape index (κ2) is 14.3. The molecule has 0 unspecified atom stereocenters. The Morgan fingerprint density at radius 2 is 0.810 bits per heavy atom. The molecule has 0 radical (unpaired) electrons. The van der Waals surface area contributed by atoms with E-state index < -0.39 is 0 Å². The highest BCUT2D eigenvalue weighted by Gasteiger charge is 2.20. The number of para-hydroxylation sites is 1. The van der Waals surface area contributed by atoms with Gasteiger partial charge in [-0.1, -0.05) is 188 Å². The van der Waals surface area contributed by atoms with Crippen molar-refractivity contribution in [2.45, 2.75) is 12.8 Å². The molecular weight excluding hydrogens is 701 g/mol. The second-order valence-electron chi connectivity index (χ2n) is 15.2. The van der Waals surface area contributed by atoms with Gasteiger partial charge in [0, 0.05) is 27.1 Å². The molecule has 0 aliphatic heterocycles. The maximum absolute atomic E-state index is 5.48. The number of pyridine rings is 2. The van der Waals surface area contributed by atoms with Gasteiger partial charge in [0.2, 0.25) is 0 Å². The molecule has 0 amide bonds. The molecule has 0 saturated heterocycles. The van der Waals surface area contributed by atoms with Crippen LogP contribution in [0.4, 0.5) is 0 Å². The molecule has 0 spiro atoms. The molecule has 10 aromatic rings. The summed E-state index contributed by atoms with van der Waals surface area (Å²) >= 11 is 0. The molecule has 0 N–H and O–H groups in total. The van der Waals surface area contributed by atoms with Crippen LogP contribution in [0.25, 0.3) is 99.1 Å². The number of fused-ring (bicyclic) bond motifs is 6. The summed E-state index contributed by atoms with van der Waals surface area (Å²) in [5.41, 5.74) is 16.2. The third kappa shape index (κ3) is 5.98. The van der Waals surface area contributed by atoms with Crippen LogP contribution in [-0.4, -0.2) is 9.97 Å². The van der Waals surface area contributed by atoms with Crippen LogP contribution in [-0.2, 0) is 0 Å². The van der Waals surface area contributed by atoms with Gasteiger partial charge in [0.05, 0.1) is 22.4 Å². The van der Waals surface area contributed by atoms with E-state index in [1.165, 1.54) is 71.6 Å². The van der Waals surface area contributed by atoms with E-state index in [4.69, 9.17) is 9.97 Å². The van der Waals surface area contributed by atoms with Crippen molar-refractivity contribution in [1.29, 1.82) is 0 Å². The van der Waals surface area contributed by atoms with Crippen LogP contribution in [0.1, 0.15) is 24.1 Å². The van der Waals surface area contributed by atoms with Crippen molar-refractivity contribution in [2.24, 2.45) is 0 Å². The number of hydrogen-bond donors (Lipinski definition) is 0. The van der Waals surface area contributed by atoms with Gasteiger partial charge in [-0.2, -0.15) is 0 Å². The van der Waals surface area contributed by atoms with Crippen LogP contribution in [0.5, 0.6) is 0 Å².